The molecule has 2 nitrogen and oxygen atoms in total. The highest BCUT2D eigenvalue weighted by Crippen LogP contribution is 2.40. The molecule has 0 spiro atoms. The predicted molar refractivity (Wildman–Crippen MR) is 122 cm³/mol. The van der Waals surface area contributed by atoms with Crippen LogP contribution in [0.15, 0.2) is 36.4 Å². The standard InChI is InChI=1S/C23H34INO/c1-22(2,3)19-13-16(14-20(21(19)26)23(4,5)6)12-17(24)15-25-18-10-8-7-9-11-18/h7-10,13-14,17-18,25-26H,11-12,15H2,1-6H3. The van der Waals surface area contributed by atoms with Crippen molar-refractivity contribution < 1.29 is 5.11 Å². The van der Waals surface area contributed by atoms with Crippen LogP contribution in [0, 0.1) is 0 Å². The molecule has 0 saturated heterocycles. The molecule has 2 atom stereocenters. The van der Waals surface area contributed by atoms with E-state index in [0.29, 0.717) is 15.7 Å². The minimum Gasteiger partial charge on any atom is -0.507 e. The van der Waals surface area contributed by atoms with Crippen molar-refractivity contribution in [3.63, 3.8) is 0 Å². The van der Waals surface area contributed by atoms with Gasteiger partial charge in [0.15, 0.2) is 0 Å². The van der Waals surface area contributed by atoms with E-state index in [-0.39, 0.29) is 10.8 Å². The van der Waals surface area contributed by atoms with Crippen LogP contribution in [0.3, 0.4) is 0 Å². The first-order valence-electron chi connectivity index (χ1n) is 9.56. The van der Waals surface area contributed by atoms with E-state index < -0.39 is 0 Å². The van der Waals surface area contributed by atoms with Crippen molar-refractivity contribution in [2.45, 2.75) is 75.2 Å². The number of phenols is 1. The van der Waals surface area contributed by atoms with Crippen LogP contribution in [-0.4, -0.2) is 21.6 Å². The Kier molecular flexibility index (Phi) is 7.00. The summed E-state index contributed by atoms with van der Waals surface area (Å²) in [6.07, 6.45) is 10.8. The number of aromatic hydroxyl groups is 1. The number of hydrogen-bond acceptors (Lipinski definition) is 2. The molecule has 2 N–H and O–H groups in total. The Hall–Kier alpha value is -0.810. The average molecular weight is 467 g/mol. The molecule has 144 valence electrons. The van der Waals surface area contributed by atoms with Crippen LogP contribution >= 0.6 is 22.6 Å². The van der Waals surface area contributed by atoms with Gasteiger partial charge in [0, 0.05) is 16.5 Å². The van der Waals surface area contributed by atoms with E-state index in [2.05, 4.69) is 106 Å². The van der Waals surface area contributed by atoms with Crippen molar-refractivity contribution in [3.8, 4) is 5.75 Å². The SMILES string of the molecule is CC(C)(C)c1cc(CC(I)CNC2C=CC=CC2)cc(C(C)(C)C)c1O. The van der Waals surface area contributed by atoms with Crippen molar-refractivity contribution >= 4 is 22.6 Å². The van der Waals surface area contributed by atoms with Crippen molar-refractivity contribution in [1.29, 1.82) is 0 Å². The van der Waals surface area contributed by atoms with E-state index in [1.807, 2.05) is 0 Å². The lowest BCUT2D eigenvalue weighted by atomic mass is 9.78. The zero-order valence-corrected chi connectivity index (χ0v) is 19.2. The summed E-state index contributed by atoms with van der Waals surface area (Å²) in [5.41, 5.74) is 3.28. The molecule has 3 heteroatoms. The van der Waals surface area contributed by atoms with Crippen LogP contribution in [0.5, 0.6) is 5.75 Å². The second-order valence-electron chi connectivity index (χ2n) is 9.40. The Morgan fingerprint density at radius 2 is 1.65 bits per heavy atom. The number of rotatable bonds is 5. The van der Waals surface area contributed by atoms with Gasteiger partial charge < -0.3 is 10.4 Å². The Morgan fingerprint density at radius 1 is 1.08 bits per heavy atom. The maximum Gasteiger partial charge on any atom is 0.123 e. The number of phenolic OH excluding ortho intramolecular Hbond substituents is 1. The third-order valence-corrected chi connectivity index (χ3v) is 5.71. The molecule has 26 heavy (non-hydrogen) atoms. The summed E-state index contributed by atoms with van der Waals surface area (Å²) in [5, 5.41) is 14.5. The van der Waals surface area contributed by atoms with Crippen LogP contribution in [0.1, 0.15) is 64.7 Å². The molecule has 1 aliphatic rings. The third kappa shape index (κ3) is 5.85. The molecule has 2 unspecified atom stereocenters. The lowest BCUT2D eigenvalue weighted by Crippen LogP contribution is -2.33. The topological polar surface area (TPSA) is 32.3 Å². The summed E-state index contributed by atoms with van der Waals surface area (Å²) in [6.45, 7) is 14.0. The minimum atomic E-state index is -0.0711. The highest BCUT2D eigenvalue weighted by atomic mass is 127. The number of halogens is 1. The van der Waals surface area contributed by atoms with Crippen molar-refractivity contribution in [3.05, 3.63) is 53.1 Å². The fourth-order valence-corrected chi connectivity index (χ4v) is 4.06. The molecule has 1 aromatic rings. The zero-order valence-electron chi connectivity index (χ0n) is 17.1. The van der Waals surface area contributed by atoms with Gasteiger partial charge >= 0.3 is 0 Å². The van der Waals surface area contributed by atoms with Gasteiger partial charge in [-0.2, -0.15) is 0 Å². The summed E-state index contributed by atoms with van der Waals surface area (Å²) in [6, 6.07) is 4.87. The van der Waals surface area contributed by atoms with Crippen molar-refractivity contribution in [1.82, 2.24) is 5.32 Å². The number of allylic oxidation sites excluding steroid dienone is 2. The molecule has 2 rings (SSSR count). The molecule has 0 aliphatic heterocycles. The Morgan fingerprint density at radius 3 is 2.12 bits per heavy atom. The summed E-state index contributed by atoms with van der Waals surface area (Å²) < 4.78 is 0.511. The van der Waals surface area contributed by atoms with Gasteiger partial charge in [-0.15, -0.1) is 0 Å². The van der Waals surface area contributed by atoms with Crippen molar-refractivity contribution in [2.75, 3.05) is 6.54 Å². The number of nitrogens with one attached hydrogen (secondary N) is 1. The van der Waals surface area contributed by atoms with Crippen LogP contribution in [0.25, 0.3) is 0 Å². The Labute approximate surface area is 173 Å². The summed E-state index contributed by atoms with van der Waals surface area (Å²) in [4.78, 5) is 0. The predicted octanol–water partition coefficient (Wildman–Crippen LogP) is 5.81. The van der Waals surface area contributed by atoms with Gasteiger partial charge in [0.1, 0.15) is 5.75 Å². The fourth-order valence-electron chi connectivity index (χ4n) is 3.29. The number of hydrogen-bond donors (Lipinski definition) is 2. The molecule has 0 aromatic heterocycles. The molecular weight excluding hydrogens is 433 g/mol. The maximum absolute atomic E-state index is 10.9. The van der Waals surface area contributed by atoms with Crippen LogP contribution in [0.4, 0.5) is 0 Å². The fraction of sp³-hybridized carbons (Fsp3) is 0.565. The maximum atomic E-state index is 10.9. The second kappa shape index (κ2) is 8.47. The normalized spacial score (nSPS) is 19.0. The molecule has 1 aromatic carbocycles. The minimum absolute atomic E-state index is 0.0711. The third-order valence-electron chi connectivity index (χ3n) is 4.83. The van der Waals surface area contributed by atoms with Gasteiger partial charge in [-0.05, 0) is 40.4 Å². The first-order chi connectivity index (χ1) is 12.0. The van der Waals surface area contributed by atoms with Crippen molar-refractivity contribution in [2.24, 2.45) is 0 Å². The zero-order chi connectivity index (χ0) is 19.5. The smallest absolute Gasteiger partial charge is 0.123 e. The lowest BCUT2D eigenvalue weighted by molar-refractivity contribution is 0.422. The molecular formula is C23H34INO. The summed E-state index contributed by atoms with van der Waals surface area (Å²) in [7, 11) is 0. The molecule has 0 heterocycles. The Balaban J connectivity index is 2.17. The Bertz CT molecular complexity index is 641. The summed E-state index contributed by atoms with van der Waals surface area (Å²) >= 11 is 2.55. The van der Waals surface area contributed by atoms with E-state index >= 15 is 0 Å². The number of benzene rings is 1. The van der Waals surface area contributed by atoms with E-state index in [1.54, 1.807) is 0 Å². The molecule has 0 radical (unpaired) electrons. The highest BCUT2D eigenvalue weighted by Gasteiger charge is 2.26. The van der Waals surface area contributed by atoms with Crippen LogP contribution < -0.4 is 5.32 Å². The monoisotopic (exact) mass is 467 g/mol. The van der Waals surface area contributed by atoms with E-state index in [0.717, 1.165) is 30.5 Å². The average Bonchev–Trinajstić information content (AvgIpc) is 2.53. The highest BCUT2D eigenvalue weighted by molar-refractivity contribution is 14.1. The van der Waals surface area contributed by atoms with E-state index in [1.165, 1.54) is 5.56 Å². The quantitative estimate of drug-likeness (QED) is 0.423. The van der Waals surface area contributed by atoms with Gasteiger partial charge in [0.05, 0.1) is 0 Å². The van der Waals surface area contributed by atoms with Gasteiger partial charge in [0.2, 0.25) is 0 Å². The van der Waals surface area contributed by atoms with Gasteiger partial charge in [-0.25, -0.2) is 0 Å². The first kappa shape index (κ1) is 21.5. The molecule has 1 aliphatic carbocycles. The largest absolute Gasteiger partial charge is 0.507 e. The first-order valence-corrected chi connectivity index (χ1v) is 10.8. The van der Waals surface area contributed by atoms with Gasteiger partial charge in [-0.3, -0.25) is 0 Å². The summed E-state index contributed by atoms with van der Waals surface area (Å²) in [5.74, 6) is 0.469. The van der Waals surface area contributed by atoms with Crippen LogP contribution in [-0.2, 0) is 17.3 Å². The second-order valence-corrected chi connectivity index (χ2v) is 11.2. The van der Waals surface area contributed by atoms with Crippen LogP contribution in [0.2, 0.25) is 0 Å². The molecule has 0 fully saturated rings. The molecule has 0 bridgehead atoms. The lowest BCUT2D eigenvalue weighted by Gasteiger charge is -2.28. The number of alkyl halides is 1. The van der Waals surface area contributed by atoms with E-state index in [9.17, 15) is 5.11 Å². The van der Waals surface area contributed by atoms with Gasteiger partial charge in [-0.1, -0.05) is 101 Å². The molecule has 0 amide bonds. The van der Waals surface area contributed by atoms with Gasteiger partial charge in [0.25, 0.3) is 0 Å². The van der Waals surface area contributed by atoms with E-state index in [4.69, 9.17) is 0 Å². The molecule has 0 saturated carbocycles.